The lowest BCUT2D eigenvalue weighted by Gasteiger charge is -2.09. The number of rotatable bonds is 5. The van der Waals surface area contributed by atoms with Crippen LogP contribution in [0.15, 0.2) is 47.3 Å². The number of benzene rings is 2. The lowest BCUT2D eigenvalue weighted by Crippen LogP contribution is -2.31. The minimum atomic E-state index is -0.483. The molecule has 0 atom stereocenters. The summed E-state index contributed by atoms with van der Waals surface area (Å²) in [5, 5.41) is 7.41. The highest BCUT2D eigenvalue weighted by Gasteiger charge is 2.16. The molecular formula is C20H21N3O3. The summed E-state index contributed by atoms with van der Waals surface area (Å²) in [7, 11) is 1.72. The SMILES string of the molecule is CCOc1ccc(CNC(=O)c2nn(C)c3ccc(C)cc3c2=O)cc1. The molecule has 0 spiro atoms. The number of aromatic nitrogens is 2. The van der Waals surface area contributed by atoms with Crippen LogP contribution < -0.4 is 15.5 Å². The van der Waals surface area contributed by atoms with Crippen LogP contribution in [0, 0.1) is 6.92 Å². The number of hydrogen-bond donors (Lipinski definition) is 1. The molecule has 0 aliphatic carbocycles. The number of ether oxygens (including phenoxy) is 1. The van der Waals surface area contributed by atoms with Gasteiger partial charge in [-0.3, -0.25) is 14.3 Å². The third kappa shape index (κ3) is 3.59. The quantitative estimate of drug-likeness (QED) is 0.767. The van der Waals surface area contributed by atoms with E-state index in [1.807, 2.05) is 50.2 Å². The molecule has 1 amide bonds. The normalized spacial score (nSPS) is 10.7. The van der Waals surface area contributed by atoms with E-state index in [9.17, 15) is 9.59 Å². The summed E-state index contributed by atoms with van der Waals surface area (Å²) in [6, 6.07) is 13.0. The van der Waals surface area contributed by atoms with Gasteiger partial charge in [-0.25, -0.2) is 0 Å². The van der Waals surface area contributed by atoms with E-state index in [2.05, 4.69) is 10.4 Å². The van der Waals surface area contributed by atoms with Gasteiger partial charge in [0.05, 0.1) is 17.5 Å². The summed E-state index contributed by atoms with van der Waals surface area (Å²) in [6.45, 7) is 4.74. The predicted octanol–water partition coefficient (Wildman–Crippen LogP) is 2.57. The number of nitrogens with zero attached hydrogens (tertiary/aromatic N) is 2. The zero-order valence-corrected chi connectivity index (χ0v) is 15.1. The molecule has 0 radical (unpaired) electrons. The molecule has 1 heterocycles. The number of amides is 1. The molecule has 0 aliphatic heterocycles. The lowest BCUT2D eigenvalue weighted by atomic mass is 10.1. The highest BCUT2D eigenvalue weighted by molar-refractivity contribution is 5.95. The molecule has 1 N–H and O–H groups in total. The van der Waals surface area contributed by atoms with Gasteiger partial charge in [-0.2, -0.15) is 5.10 Å². The van der Waals surface area contributed by atoms with Crippen molar-refractivity contribution in [2.45, 2.75) is 20.4 Å². The van der Waals surface area contributed by atoms with E-state index in [4.69, 9.17) is 4.74 Å². The number of carbonyl (C=O) groups is 1. The van der Waals surface area contributed by atoms with Crippen molar-refractivity contribution in [1.29, 1.82) is 0 Å². The molecule has 0 bridgehead atoms. The number of aryl methyl sites for hydroxylation is 2. The van der Waals surface area contributed by atoms with Crippen LogP contribution in [0.1, 0.15) is 28.5 Å². The second-order valence-electron chi connectivity index (χ2n) is 6.08. The van der Waals surface area contributed by atoms with Gasteiger partial charge in [0.15, 0.2) is 5.69 Å². The minimum Gasteiger partial charge on any atom is -0.494 e. The maximum Gasteiger partial charge on any atom is 0.276 e. The fourth-order valence-electron chi connectivity index (χ4n) is 2.78. The molecule has 3 rings (SSSR count). The number of carbonyl (C=O) groups excluding carboxylic acids is 1. The first-order chi connectivity index (χ1) is 12.5. The molecule has 6 heteroatoms. The average molecular weight is 351 g/mol. The summed E-state index contributed by atoms with van der Waals surface area (Å²) < 4.78 is 6.95. The topological polar surface area (TPSA) is 73.2 Å². The van der Waals surface area contributed by atoms with Crippen LogP contribution in [0.3, 0.4) is 0 Å². The van der Waals surface area contributed by atoms with Crippen LogP contribution in [0.25, 0.3) is 10.9 Å². The van der Waals surface area contributed by atoms with Gasteiger partial charge in [-0.1, -0.05) is 23.8 Å². The van der Waals surface area contributed by atoms with Crippen LogP contribution in [0.5, 0.6) is 5.75 Å². The molecule has 0 saturated heterocycles. The Morgan fingerprint density at radius 3 is 2.62 bits per heavy atom. The molecule has 0 fully saturated rings. The highest BCUT2D eigenvalue weighted by atomic mass is 16.5. The van der Waals surface area contributed by atoms with Crippen LogP contribution in [-0.2, 0) is 13.6 Å². The van der Waals surface area contributed by atoms with Crippen molar-refractivity contribution >= 4 is 16.8 Å². The Balaban J connectivity index is 1.81. The highest BCUT2D eigenvalue weighted by Crippen LogP contribution is 2.13. The summed E-state index contributed by atoms with van der Waals surface area (Å²) in [6.07, 6.45) is 0. The molecular weight excluding hydrogens is 330 g/mol. The smallest absolute Gasteiger partial charge is 0.276 e. The Labute approximate surface area is 151 Å². The van der Waals surface area contributed by atoms with Gasteiger partial charge in [0, 0.05) is 13.6 Å². The van der Waals surface area contributed by atoms with Gasteiger partial charge in [-0.15, -0.1) is 0 Å². The monoisotopic (exact) mass is 351 g/mol. The maximum atomic E-state index is 12.6. The van der Waals surface area contributed by atoms with Gasteiger partial charge in [0.2, 0.25) is 5.43 Å². The lowest BCUT2D eigenvalue weighted by molar-refractivity contribution is 0.0943. The molecule has 0 saturated carbocycles. The van der Waals surface area contributed by atoms with E-state index in [0.29, 0.717) is 24.1 Å². The molecule has 1 aromatic heterocycles. The van der Waals surface area contributed by atoms with E-state index in [0.717, 1.165) is 16.9 Å². The second kappa shape index (κ2) is 7.39. The van der Waals surface area contributed by atoms with Crippen molar-refractivity contribution < 1.29 is 9.53 Å². The van der Waals surface area contributed by atoms with Gasteiger partial charge >= 0.3 is 0 Å². The number of fused-ring (bicyclic) bond motifs is 1. The number of hydrogen-bond acceptors (Lipinski definition) is 4. The summed E-state index contributed by atoms with van der Waals surface area (Å²) >= 11 is 0. The Bertz CT molecular complexity index is 1010. The van der Waals surface area contributed by atoms with Crippen LogP contribution in [-0.4, -0.2) is 22.3 Å². The van der Waals surface area contributed by atoms with E-state index in [1.165, 1.54) is 0 Å². The first kappa shape index (κ1) is 17.7. The fraction of sp³-hybridized carbons (Fsp3) is 0.250. The van der Waals surface area contributed by atoms with E-state index in [-0.39, 0.29) is 11.1 Å². The first-order valence-corrected chi connectivity index (χ1v) is 8.47. The van der Waals surface area contributed by atoms with E-state index in [1.54, 1.807) is 17.8 Å². The maximum absolute atomic E-state index is 12.6. The van der Waals surface area contributed by atoms with Crippen LogP contribution >= 0.6 is 0 Å². The second-order valence-corrected chi connectivity index (χ2v) is 6.08. The Kier molecular flexibility index (Phi) is 5.02. The molecule has 6 nitrogen and oxygen atoms in total. The van der Waals surface area contributed by atoms with Crippen LogP contribution in [0.4, 0.5) is 0 Å². The molecule has 3 aromatic rings. The van der Waals surface area contributed by atoms with E-state index >= 15 is 0 Å². The largest absolute Gasteiger partial charge is 0.494 e. The zero-order valence-electron chi connectivity index (χ0n) is 15.1. The van der Waals surface area contributed by atoms with Crippen molar-refractivity contribution in [3.63, 3.8) is 0 Å². The van der Waals surface area contributed by atoms with E-state index < -0.39 is 5.91 Å². The third-order valence-corrected chi connectivity index (χ3v) is 4.11. The summed E-state index contributed by atoms with van der Waals surface area (Å²) in [5.74, 6) is 0.297. The standard InChI is InChI=1S/C20H21N3O3/c1-4-26-15-8-6-14(7-9-15)12-21-20(25)18-19(24)16-11-13(2)5-10-17(16)23(3)22-18/h5-11H,4,12H2,1-3H3,(H,21,25). The minimum absolute atomic E-state index is 0.100. The molecule has 26 heavy (non-hydrogen) atoms. The molecule has 0 aliphatic rings. The molecule has 0 unspecified atom stereocenters. The van der Waals surface area contributed by atoms with Crippen LogP contribution in [0.2, 0.25) is 0 Å². The predicted molar refractivity (Wildman–Crippen MR) is 101 cm³/mol. The van der Waals surface area contributed by atoms with Crippen molar-refractivity contribution in [2.24, 2.45) is 7.05 Å². The summed E-state index contributed by atoms with van der Waals surface area (Å²) in [4.78, 5) is 25.1. The summed E-state index contributed by atoms with van der Waals surface area (Å²) in [5.41, 5.74) is 2.11. The third-order valence-electron chi connectivity index (χ3n) is 4.11. The number of nitrogens with one attached hydrogen (secondary N) is 1. The Hall–Kier alpha value is -3.15. The zero-order chi connectivity index (χ0) is 18.7. The average Bonchev–Trinajstić information content (AvgIpc) is 2.64. The van der Waals surface area contributed by atoms with Gasteiger partial charge in [0.25, 0.3) is 5.91 Å². The van der Waals surface area contributed by atoms with Crippen molar-refractivity contribution in [3.8, 4) is 5.75 Å². The van der Waals surface area contributed by atoms with Crippen molar-refractivity contribution in [1.82, 2.24) is 15.1 Å². The van der Waals surface area contributed by atoms with Crippen molar-refractivity contribution in [2.75, 3.05) is 6.61 Å². The van der Waals surface area contributed by atoms with Crippen molar-refractivity contribution in [3.05, 3.63) is 69.5 Å². The molecule has 2 aromatic carbocycles. The first-order valence-electron chi connectivity index (χ1n) is 8.47. The van der Waals surface area contributed by atoms with Gasteiger partial charge in [-0.05, 0) is 43.7 Å². The Morgan fingerprint density at radius 2 is 1.92 bits per heavy atom. The van der Waals surface area contributed by atoms with Gasteiger partial charge < -0.3 is 10.1 Å². The van der Waals surface area contributed by atoms with Gasteiger partial charge in [0.1, 0.15) is 5.75 Å². The Morgan fingerprint density at radius 1 is 1.19 bits per heavy atom. The fourth-order valence-corrected chi connectivity index (χ4v) is 2.78. The molecule has 134 valence electrons.